The van der Waals surface area contributed by atoms with Gasteiger partial charge in [-0.3, -0.25) is 9.36 Å². The van der Waals surface area contributed by atoms with Crippen LogP contribution in [-0.2, 0) is 6.42 Å². The lowest BCUT2D eigenvalue weighted by Crippen LogP contribution is -2.25. The van der Waals surface area contributed by atoms with Crippen molar-refractivity contribution in [3.63, 3.8) is 0 Å². The second-order valence-corrected chi connectivity index (χ2v) is 7.19. The number of amides is 1. The molecule has 0 aliphatic carbocycles. The average Bonchev–Trinajstić information content (AvgIpc) is 2.89. The van der Waals surface area contributed by atoms with Gasteiger partial charge in [-0.1, -0.05) is 6.07 Å². The Kier molecular flexibility index (Phi) is 3.76. The first-order valence-electron chi connectivity index (χ1n) is 8.95. The molecule has 7 nitrogen and oxygen atoms in total. The molecule has 5 N–H and O–H groups in total. The van der Waals surface area contributed by atoms with Crippen molar-refractivity contribution < 1.29 is 9.90 Å². The normalized spacial score (nSPS) is 13.8. The van der Waals surface area contributed by atoms with Crippen molar-refractivity contribution in [1.29, 1.82) is 0 Å². The fraction of sp³-hybridized carbons (Fsp3) is 0.300. The Labute approximate surface area is 157 Å². The van der Waals surface area contributed by atoms with Crippen LogP contribution >= 0.6 is 0 Å². The van der Waals surface area contributed by atoms with Gasteiger partial charge in [-0.05, 0) is 44.4 Å². The number of nitrogens with two attached hydrogens (primary N) is 2. The summed E-state index contributed by atoms with van der Waals surface area (Å²) in [5.41, 5.74) is 17.2. The molecule has 0 atom stereocenters. The number of phenols is 1. The van der Waals surface area contributed by atoms with Crippen LogP contribution in [0.1, 0.15) is 33.6 Å². The maximum Gasteiger partial charge on any atom is 0.253 e. The lowest BCUT2D eigenvalue weighted by Gasteiger charge is -2.26. The van der Waals surface area contributed by atoms with Crippen LogP contribution in [0.4, 0.5) is 11.5 Å². The van der Waals surface area contributed by atoms with Crippen molar-refractivity contribution in [3.05, 3.63) is 40.6 Å². The van der Waals surface area contributed by atoms with Crippen LogP contribution in [0.2, 0.25) is 0 Å². The Hall–Kier alpha value is -3.22. The summed E-state index contributed by atoms with van der Waals surface area (Å²) in [7, 11) is 2.01. The van der Waals surface area contributed by atoms with E-state index in [2.05, 4.69) is 4.90 Å². The highest BCUT2D eigenvalue weighted by atomic mass is 16.3. The number of carbonyl (C=O) groups excluding carboxylic acids is 1. The number of fused-ring (bicyclic) bond motifs is 2. The smallest absolute Gasteiger partial charge is 0.253 e. The predicted octanol–water partition coefficient (Wildman–Crippen LogP) is 2.41. The minimum atomic E-state index is -0.591. The summed E-state index contributed by atoms with van der Waals surface area (Å²) in [4.78, 5) is 19.2. The molecule has 140 valence electrons. The predicted molar refractivity (Wildman–Crippen MR) is 107 cm³/mol. The lowest BCUT2D eigenvalue weighted by atomic mass is 10.1. The zero-order valence-corrected chi connectivity index (χ0v) is 15.7. The number of anilines is 2. The van der Waals surface area contributed by atoms with E-state index in [0.29, 0.717) is 16.6 Å². The molecule has 1 aliphatic heterocycles. The van der Waals surface area contributed by atoms with Gasteiger partial charge in [0, 0.05) is 24.5 Å². The molecule has 1 aliphatic rings. The van der Waals surface area contributed by atoms with Crippen molar-refractivity contribution >= 4 is 28.4 Å². The summed E-state index contributed by atoms with van der Waals surface area (Å²) in [5, 5.41) is 10.9. The second kappa shape index (κ2) is 5.90. The maximum absolute atomic E-state index is 12.2. The summed E-state index contributed by atoms with van der Waals surface area (Å²) in [6.07, 6.45) is 1.88. The van der Waals surface area contributed by atoms with E-state index in [-0.39, 0.29) is 17.1 Å². The van der Waals surface area contributed by atoms with Gasteiger partial charge in [0.1, 0.15) is 17.2 Å². The number of nitrogens with zero attached hydrogens (tertiary/aromatic N) is 3. The average molecular weight is 365 g/mol. The molecule has 3 heterocycles. The van der Waals surface area contributed by atoms with Crippen LogP contribution in [0, 0.1) is 13.8 Å². The molecular formula is C20H23N5O2. The summed E-state index contributed by atoms with van der Waals surface area (Å²) >= 11 is 0. The second-order valence-electron chi connectivity index (χ2n) is 7.19. The first-order chi connectivity index (χ1) is 12.8. The molecule has 0 saturated heterocycles. The van der Waals surface area contributed by atoms with Gasteiger partial charge in [0.2, 0.25) is 0 Å². The van der Waals surface area contributed by atoms with Crippen molar-refractivity contribution in [3.8, 4) is 11.4 Å². The fourth-order valence-electron chi connectivity index (χ4n) is 4.02. The standard InChI is InChI=1S/C20H23N5O2/c1-10-6-7-15(26)11(2)17(10)25-18(21)16(19(22)27)12-9-14-13(23-20(12)25)5-4-8-24(14)3/h6-7,9,26H,4-5,8,21H2,1-3H3,(H2,22,27). The lowest BCUT2D eigenvalue weighted by molar-refractivity contribution is 0.100. The molecule has 0 fully saturated rings. The van der Waals surface area contributed by atoms with Crippen molar-refractivity contribution in [1.82, 2.24) is 9.55 Å². The third-order valence-corrected chi connectivity index (χ3v) is 5.43. The largest absolute Gasteiger partial charge is 0.508 e. The highest BCUT2D eigenvalue weighted by Gasteiger charge is 2.26. The van der Waals surface area contributed by atoms with Crippen LogP contribution < -0.4 is 16.4 Å². The van der Waals surface area contributed by atoms with E-state index in [4.69, 9.17) is 16.5 Å². The molecule has 0 saturated carbocycles. The van der Waals surface area contributed by atoms with E-state index in [1.165, 1.54) is 0 Å². The zero-order valence-electron chi connectivity index (χ0n) is 15.7. The Morgan fingerprint density at radius 2 is 2.04 bits per heavy atom. The number of pyridine rings is 1. The first-order valence-corrected chi connectivity index (χ1v) is 8.95. The van der Waals surface area contributed by atoms with Gasteiger partial charge in [0.25, 0.3) is 5.91 Å². The first kappa shape index (κ1) is 17.2. The van der Waals surface area contributed by atoms with E-state index < -0.39 is 5.91 Å². The topological polar surface area (TPSA) is 110 Å². The number of carbonyl (C=O) groups is 1. The maximum atomic E-state index is 12.2. The molecule has 0 bridgehead atoms. The van der Waals surface area contributed by atoms with E-state index >= 15 is 0 Å². The molecule has 0 unspecified atom stereocenters. The van der Waals surface area contributed by atoms with Gasteiger partial charge in [-0.2, -0.15) is 0 Å². The number of aryl methyl sites for hydroxylation is 2. The molecule has 0 radical (unpaired) electrons. The minimum absolute atomic E-state index is 0.162. The van der Waals surface area contributed by atoms with Crippen LogP contribution in [0.15, 0.2) is 18.2 Å². The van der Waals surface area contributed by atoms with Gasteiger partial charge in [0.05, 0.1) is 22.6 Å². The number of primary amides is 1. The molecule has 7 heteroatoms. The number of hydrogen-bond acceptors (Lipinski definition) is 5. The quantitative estimate of drug-likeness (QED) is 0.646. The molecule has 3 aromatic rings. The number of aromatic nitrogens is 2. The Morgan fingerprint density at radius 1 is 1.30 bits per heavy atom. The van der Waals surface area contributed by atoms with Gasteiger partial charge in [-0.25, -0.2) is 4.98 Å². The van der Waals surface area contributed by atoms with E-state index in [1.807, 2.05) is 33.0 Å². The molecule has 1 amide bonds. The SMILES string of the molecule is Cc1ccc(O)c(C)c1-n1c(N)c(C(N)=O)c2cc3c(nc21)CCCN3C. The molecular weight excluding hydrogens is 342 g/mol. The summed E-state index contributed by atoms with van der Waals surface area (Å²) in [5.74, 6) is -0.186. The molecule has 4 rings (SSSR count). The minimum Gasteiger partial charge on any atom is -0.508 e. The van der Waals surface area contributed by atoms with Crippen molar-refractivity contribution in [2.45, 2.75) is 26.7 Å². The van der Waals surface area contributed by atoms with E-state index in [1.54, 1.807) is 10.6 Å². The number of aromatic hydroxyl groups is 1. The summed E-state index contributed by atoms with van der Waals surface area (Å²) in [6.45, 7) is 4.69. The monoisotopic (exact) mass is 365 g/mol. The van der Waals surface area contributed by atoms with Gasteiger partial charge in [0.15, 0.2) is 0 Å². The van der Waals surface area contributed by atoms with Gasteiger partial charge >= 0.3 is 0 Å². The van der Waals surface area contributed by atoms with Crippen LogP contribution in [0.3, 0.4) is 0 Å². The molecule has 0 spiro atoms. The fourth-order valence-corrected chi connectivity index (χ4v) is 4.02. The number of rotatable bonds is 2. The van der Waals surface area contributed by atoms with Gasteiger partial charge in [-0.15, -0.1) is 0 Å². The Balaban J connectivity index is 2.15. The molecule has 1 aromatic carbocycles. The van der Waals surface area contributed by atoms with Crippen LogP contribution in [0.25, 0.3) is 16.7 Å². The van der Waals surface area contributed by atoms with E-state index in [9.17, 15) is 9.90 Å². The highest BCUT2D eigenvalue weighted by molar-refractivity contribution is 6.11. The number of hydrogen-bond donors (Lipinski definition) is 3. The third kappa shape index (κ3) is 2.42. The number of phenolic OH excluding ortho intramolecular Hbond substituents is 1. The summed E-state index contributed by atoms with van der Waals surface area (Å²) in [6, 6.07) is 5.42. The number of benzene rings is 1. The Bertz CT molecular complexity index is 1100. The van der Waals surface area contributed by atoms with Crippen molar-refractivity contribution in [2.75, 3.05) is 24.2 Å². The molecule has 27 heavy (non-hydrogen) atoms. The Morgan fingerprint density at radius 3 is 2.74 bits per heavy atom. The summed E-state index contributed by atoms with van der Waals surface area (Å²) < 4.78 is 1.74. The van der Waals surface area contributed by atoms with Gasteiger partial charge < -0.3 is 21.5 Å². The zero-order chi connectivity index (χ0) is 19.5. The van der Waals surface area contributed by atoms with Crippen molar-refractivity contribution in [2.24, 2.45) is 5.73 Å². The highest BCUT2D eigenvalue weighted by Crippen LogP contribution is 2.38. The number of nitrogen functional groups attached to an aromatic ring is 1. The molecule has 2 aromatic heterocycles. The third-order valence-electron chi connectivity index (χ3n) is 5.43. The van der Waals surface area contributed by atoms with Crippen LogP contribution in [0.5, 0.6) is 5.75 Å². The van der Waals surface area contributed by atoms with E-state index in [0.717, 1.165) is 42.0 Å². The van der Waals surface area contributed by atoms with Crippen LogP contribution in [-0.4, -0.2) is 34.2 Å².